The lowest BCUT2D eigenvalue weighted by atomic mass is 10.2. The van der Waals surface area contributed by atoms with Crippen molar-refractivity contribution in [3.8, 4) is 5.75 Å². The van der Waals surface area contributed by atoms with Gasteiger partial charge in [-0.2, -0.15) is 0 Å². The van der Waals surface area contributed by atoms with Crippen molar-refractivity contribution in [2.24, 2.45) is 5.73 Å². The van der Waals surface area contributed by atoms with E-state index in [2.05, 4.69) is 10.6 Å². The molecule has 0 spiro atoms. The van der Waals surface area contributed by atoms with Crippen molar-refractivity contribution < 1.29 is 9.53 Å². The number of rotatable bonds is 5. The molecule has 6 heteroatoms. The third-order valence-corrected chi connectivity index (χ3v) is 1.99. The lowest BCUT2D eigenvalue weighted by Gasteiger charge is -2.09. The minimum atomic E-state index is -0.531. The zero-order chi connectivity index (χ0) is 12.0. The number of benzene rings is 1. The van der Waals surface area contributed by atoms with Crippen molar-refractivity contribution in [2.75, 3.05) is 31.2 Å². The first-order chi connectivity index (χ1) is 7.63. The van der Waals surface area contributed by atoms with Crippen LogP contribution in [0.5, 0.6) is 5.75 Å². The molecule has 0 saturated carbocycles. The largest absolute Gasteiger partial charge is 0.495 e. The highest BCUT2D eigenvalue weighted by Gasteiger charge is 2.00. The Morgan fingerprint density at radius 1 is 1.44 bits per heavy atom. The van der Waals surface area contributed by atoms with E-state index in [0.29, 0.717) is 24.5 Å². The maximum atomic E-state index is 10.4. The Bertz CT molecular complexity index is 368. The van der Waals surface area contributed by atoms with E-state index in [1.807, 2.05) is 6.07 Å². The maximum Gasteiger partial charge on any atom is 0.312 e. The molecular weight excluding hydrogens is 208 g/mol. The third-order valence-electron chi connectivity index (χ3n) is 1.99. The van der Waals surface area contributed by atoms with E-state index < -0.39 is 6.03 Å². The molecule has 0 aliphatic rings. The van der Waals surface area contributed by atoms with Gasteiger partial charge in [-0.25, -0.2) is 4.79 Å². The van der Waals surface area contributed by atoms with E-state index in [1.54, 1.807) is 19.2 Å². The summed E-state index contributed by atoms with van der Waals surface area (Å²) in [5.41, 5.74) is 12.1. The summed E-state index contributed by atoms with van der Waals surface area (Å²) in [7, 11) is 1.56. The summed E-state index contributed by atoms with van der Waals surface area (Å²) < 4.78 is 5.08. The van der Waals surface area contributed by atoms with Crippen molar-refractivity contribution in [2.45, 2.75) is 0 Å². The molecule has 0 atom stereocenters. The van der Waals surface area contributed by atoms with Crippen LogP contribution in [0.4, 0.5) is 16.2 Å². The molecule has 16 heavy (non-hydrogen) atoms. The highest BCUT2D eigenvalue weighted by molar-refractivity contribution is 5.71. The fourth-order valence-corrected chi connectivity index (χ4v) is 1.21. The van der Waals surface area contributed by atoms with Gasteiger partial charge in [-0.15, -0.1) is 0 Å². The number of ether oxygens (including phenoxy) is 1. The Labute approximate surface area is 93.9 Å². The average molecular weight is 224 g/mol. The van der Waals surface area contributed by atoms with Crippen LogP contribution in [-0.4, -0.2) is 26.2 Å². The van der Waals surface area contributed by atoms with Gasteiger partial charge in [0.25, 0.3) is 0 Å². The molecule has 0 saturated heterocycles. The summed E-state index contributed by atoms with van der Waals surface area (Å²) in [5.74, 6) is 0.618. The van der Waals surface area contributed by atoms with E-state index in [4.69, 9.17) is 16.2 Å². The molecule has 0 fully saturated rings. The highest BCUT2D eigenvalue weighted by Crippen LogP contribution is 2.24. The normalized spacial score (nSPS) is 9.56. The number of methoxy groups -OCH3 is 1. The quantitative estimate of drug-likeness (QED) is 0.428. The molecule has 6 nitrogen and oxygen atoms in total. The topological polar surface area (TPSA) is 102 Å². The van der Waals surface area contributed by atoms with Gasteiger partial charge in [0, 0.05) is 24.8 Å². The zero-order valence-electron chi connectivity index (χ0n) is 9.12. The number of nitrogens with two attached hydrogens (primary N) is 2. The van der Waals surface area contributed by atoms with Gasteiger partial charge in [0.2, 0.25) is 0 Å². The van der Waals surface area contributed by atoms with Crippen molar-refractivity contribution in [3.63, 3.8) is 0 Å². The van der Waals surface area contributed by atoms with Gasteiger partial charge in [-0.3, -0.25) is 0 Å². The van der Waals surface area contributed by atoms with Crippen LogP contribution < -0.4 is 26.8 Å². The van der Waals surface area contributed by atoms with E-state index in [9.17, 15) is 4.79 Å². The molecule has 0 bridgehead atoms. The van der Waals surface area contributed by atoms with Crippen LogP contribution in [0.2, 0.25) is 0 Å². The Balaban J connectivity index is 2.45. The molecule has 1 rings (SSSR count). The second kappa shape index (κ2) is 5.69. The van der Waals surface area contributed by atoms with Crippen molar-refractivity contribution in [1.29, 1.82) is 0 Å². The number of nitrogens with one attached hydrogen (secondary N) is 2. The third kappa shape index (κ3) is 3.56. The van der Waals surface area contributed by atoms with Crippen molar-refractivity contribution >= 4 is 17.4 Å². The minimum Gasteiger partial charge on any atom is -0.495 e. The number of carbonyl (C=O) groups excluding carboxylic acids is 1. The summed E-state index contributed by atoms with van der Waals surface area (Å²) in [5, 5.41) is 5.57. The van der Waals surface area contributed by atoms with Crippen LogP contribution in [0.1, 0.15) is 0 Å². The van der Waals surface area contributed by atoms with Gasteiger partial charge < -0.3 is 26.8 Å². The lowest BCUT2D eigenvalue weighted by molar-refractivity contribution is 0.249. The number of amides is 2. The van der Waals surface area contributed by atoms with Gasteiger partial charge in [-0.05, 0) is 12.1 Å². The second-order valence-corrected chi connectivity index (χ2v) is 3.17. The van der Waals surface area contributed by atoms with E-state index in [-0.39, 0.29) is 0 Å². The number of nitrogen functional groups attached to an aromatic ring is 1. The first-order valence-corrected chi connectivity index (χ1v) is 4.84. The first kappa shape index (κ1) is 12.0. The Morgan fingerprint density at radius 3 is 2.81 bits per heavy atom. The Morgan fingerprint density at radius 2 is 2.19 bits per heavy atom. The number of carbonyl (C=O) groups is 1. The fourth-order valence-electron chi connectivity index (χ4n) is 1.21. The zero-order valence-corrected chi connectivity index (χ0v) is 9.12. The predicted molar refractivity (Wildman–Crippen MR) is 63.5 cm³/mol. The van der Waals surface area contributed by atoms with E-state index in [1.165, 1.54) is 0 Å². The summed E-state index contributed by atoms with van der Waals surface area (Å²) >= 11 is 0. The number of hydrogen-bond donors (Lipinski definition) is 4. The van der Waals surface area contributed by atoms with Crippen LogP contribution >= 0.6 is 0 Å². The van der Waals surface area contributed by atoms with Gasteiger partial charge in [0.1, 0.15) is 5.75 Å². The Hall–Kier alpha value is -2.11. The smallest absolute Gasteiger partial charge is 0.312 e. The molecule has 1 aromatic carbocycles. The van der Waals surface area contributed by atoms with E-state index in [0.717, 1.165) is 5.69 Å². The predicted octanol–water partition coefficient (Wildman–Crippen LogP) is 0.358. The molecule has 88 valence electrons. The number of hydrogen-bond acceptors (Lipinski definition) is 4. The molecule has 0 radical (unpaired) electrons. The summed E-state index contributed by atoms with van der Waals surface area (Å²) in [4.78, 5) is 10.4. The van der Waals surface area contributed by atoms with Crippen LogP contribution in [-0.2, 0) is 0 Å². The molecule has 6 N–H and O–H groups in total. The second-order valence-electron chi connectivity index (χ2n) is 3.17. The summed E-state index contributed by atoms with van der Waals surface area (Å²) in [6, 6.07) is 4.85. The van der Waals surface area contributed by atoms with Gasteiger partial charge in [0.05, 0.1) is 12.8 Å². The monoisotopic (exact) mass is 224 g/mol. The molecular formula is C10H16N4O2. The molecule has 0 aromatic heterocycles. The van der Waals surface area contributed by atoms with Crippen LogP contribution in [0.25, 0.3) is 0 Å². The van der Waals surface area contributed by atoms with Crippen LogP contribution in [0, 0.1) is 0 Å². The molecule has 1 aromatic rings. The van der Waals surface area contributed by atoms with E-state index >= 15 is 0 Å². The van der Waals surface area contributed by atoms with Gasteiger partial charge in [0.15, 0.2) is 0 Å². The van der Waals surface area contributed by atoms with Gasteiger partial charge >= 0.3 is 6.03 Å². The van der Waals surface area contributed by atoms with Crippen LogP contribution in [0.3, 0.4) is 0 Å². The lowest BCUT2D eigenvalue weighted by Crippen LogP contribution is -2.33. The first-order valence-electron chi connectivity index (χ1n) is 4.84. The molecule has 0 aliphatic carbocycles. The highest BCUT2D eigenvalue weighted by atomic mass is 16.5. The summed E-state index contributed by atoms with van der Waals surface area (Å²) in [6.07, 6.45) is 0. The fraction of sp³-hybridized carbons (Fsp3) is 0.300. The van der Waals surface area contributed by atoms with Crippen molar-refractivity contribution in [1.82, 2.24) is 5.32 Å². The minimum absolute atomic E-state index is 0.460. The standard InChI is InChI=1S/C10H16N4O2/c1-16-9-6-7(2-3-8(9)11)13-4-5-14-10(12)15/h2-3,6,13H,4-5,11H2,1H3,(H3,12,14,15). The Kier molecular flexibility index (Phi) is 4.26. The van der Waals surface area contributed by atoms with Crippen molar-refractivity contribution in [3.05, 3.63) is 18.2 Å². The number of urea groups is 1. The summed E-state index contributed by atoms with van der Waals surface area (Å²) in [6.45, 7) is 1.04. The van der Waals surface area contributed by atoms with Gasteiger partial charge in [-0.1, -0.05) is 0 Å². The number of anilines is 2. The molecule has 0 aliphatic heterocycles. The molecule has 2 amide bonds. The maximum absolute atomic E-state index is 10.4. The SMILES string of the molecule is COc1cc(NCCNC(N)=O)ccc1N. The number of primary amides is 1. The van der Waals surface area contributed by atoms with Crippen LogP contribution in [0.15, 0.2) is 18.2 Å². The molecule has 0 unspecified atom stereocenters. The average Bonchev–Trinajstić information content (AvgIpc) is 2.26. The molecule has 0 heterocycles.